The number of hydrogen-bond acceptors (Lipinski definition) is 5. The van der Waals surface area contributed by atoms with E-state index in [-0.39, 0.29) is 0 Å². The lowest BCUT2D eigenvalue weighted by Crippen LogP contribution is -2.70. The largest absolute Gasteiger partial charge is 0.314 e. The van der Waals surface area contributed by atoms with E-state index < -0.39 is 11.7 Å². The fraction of sp³-hybridized carbons (Fsp3) is 1.00. The smallest absolute Gasteiger partial charge is 0.175 e. The van der Waals surface area contributed by atoms with Gasteiger partial charge in [-0.2, -0.15) is 0 Å². The second kappa shape index (κ2) is 8.44. The summed E-state index contributed by atoms with van der Waals surface area (Å²) in [5, 5.41) is 13.9. The molecule has 0 bridgehead atoms. The number of ether oxygens (including phenoxy) is 1. The highest BCUT2D eigenvalue weighted by Gasteiger charge is 2.37. The van der Waals surface area contributed by atoms with Gasteiger partial charge in [0.2, 0.25) is 0 Å². The summed E-state index contributed by atoms with van der Waals surface area (Å²) in [6.07, 6.45) is 0. The lowest BCUT2D eigenvalue weighted by atomic mass is 10.2. The van der Waals surface area contributed by atoms with Crippen molar-refractivity contribution in [2.75, 3.05) is 0 Å². The molecule has 0 fully saturated rings. The monoisotopic (exact) mass is 302 g/mol. The lowest BCUT2D eigenvalue weighted by Gasteiger charge is -2.45. The summed E-state index contributed by atoms with van der Waals surface area (Å²) in [6.45, 7) is 21.0. The van der Waals surface area contributed by atoms with E-state index in [9.17, 15) is 0 Å². The first kappa shape index (κ1) is 20.8. The van der Waals surface area contributed by atoms with Gasteiger partial charge in [-0.25, -0.2) is 0 Å². The first-order valence-corrected chi connectivity index (χ1v) is 8.18. The van der Waals surface area contributed by atoms with Gasteiger partial charge in [0.25, 0.3) is 0 Å². The molecular weight excluding hydrogens is 264 g/mol. The van der Waals surface area contributed by atoms with E-state index in [4.69, 9.17) is 4.74 Å². The Hall–Kier alpha value is -0.200. The fourth-order valence-electron chi connectivity index (χ4n) is 2.81. The predicted octanol–water partition coefficient (Wildman–Crippen LogP) is 2.34. The minimum absolute atomic E-state index is 0.309. The standard InChI is InChI=1S/C16H38N4O/c1-11(2)17-15(9,18-12(3)4)21-16(10,19-13(5)6)20-14(7)8/h11-14,17-20H,1-10H3. The molecule has 21 heavy (non-hydrogen) atoms. The Morgan fingerprint density at radius 2 is 0.714 bits per heavy atom. The van der Waals surface area contributed by atoms with Crippen LogP contribution in [0.5, 0.6) is 0 Å². The molecule has 5 nitrogen and oxygen atoms in total. The second-order valence-corrected chi connectivity index (χ2v) is 7.36. The van der Waals surface area contributed by atoms with Crippen LogP contribution < -0.4 is 21.3 Å². The van der Waals surface area contributed by atoms with E-state index in [2.05, 4.69) is 76.7 Å². The molecule has 5 heteroatoms. The van der Waals surface area contributed by atoms with Crippen molar-refractivity contribution < 1.29 is 4.74 Å². The van der Waals surface area contributed by atoms with Crippen LogP contribution in [-0.4, -0.2) is 35.9 Å². The van der Waals surface area contributed by atoms with Crippen LogP contribution in [0.4, 0.5) is 0 Å². The Labute approximate surface area is 132 Å². The topological polar surface area (TPSA) is 57.4 Å². The Morgan fingerprint density at radius 3 is 0.857 bits per heavy atom. The van der Waals surface area contributed by atoms with E-state index in [0.717, 1.165) is 0 Å². The highest BCUT2D eigenvalue weighted by molar-refractivity contribution is 4.82. The molecule has 0 radical (unpaired) electrons. The van der Waals surface area contributed by atoms with Gasteiger partial charge >= 0.3 is 0 Å². The molecule has 0 spiro atoms. The van der Waals surface area contributed by atoms with Crippen LogP contribution in [0.2, 0.25) is 0 Å². The quantitative estimate of drug-likeness (QED) is 0.467. The van der Waals surface area contributed by atoms with Crippen molar-refractivity contribution in [2.24, 2.45) is 0 Å². The van der Waals surface area contributed by atoms with Crippen molar-refractivity contribution in [1.29, 1.82) is 0 Å². The van der Waals surface area contributed by atoms with Crippen LogP contribution in [0.3, 0.4) is 0 Å². The van der Waals surface area contributed by atoms with E-state index in [1.165, 1.54) is 0 Å². The molecule has 0 saturated heterocycles. The molecule has 0 aliphatic rings. The first-order valence-electron chi connectivity index (χ1n) is 8.18. The summed E-state index contributed by atoms with van der Waals surface area (Å²) >= 11 is 0. The minimum atomic E-state index is -0.624. The van der Waals surface area contributed by atoms with E-state index in [1.54, 1.807) is 0 Å². The van der Waals surface area contributed by atoms with Crippen molar-refractivity contribution in [3.8, 4) is 0 Å². The third-order valence-electron chi connectivity index (χ3n) is 2.66. The van der Waals surface area contributed by atoms with Crippen LogP contribution in [0.25, 0.3) is 0 Å². The van der Waals surface area contributed by atoms with Gasteiger partial charge in [-0.1, -0.05) is 0 Å². The highest BCUT2D eigenvalue weighted by atomic mass is 16.6. The normalized spacial score (nSPS) is 14.0. The van der Waals surface area contributed by atoms with Crippen molar-refractivity contribution in [2.45, 2.75) is 105 Å². The lowest BCUT2D eigenvalue weighted by molar-refractivity contribution is -0.211. The summed E-state index contributed by atoms with van der Waals surface area (Å²) in [7, 11) is 0. The minimum Gasteiger partial charge on any atom is -0.314 e. The van der Waals surface area contributed by atoms with Crippen LogP contribution in [0.15, 0.2) is 0 Å². The zero-order valence-corrected chi connectivity index (χ0v) is 15.7. The number of rotatable bonds is 10. The molecule has 0 rings (SSSR count). The molecule has 0 aromatic carbocycles. The van der Waals surface area contributed by atoms with Gasteiger partial charge in [0, 0.05) is 24.2 Å². The second-order valence-electron chi connectivity index (χ2n) is 7.36. The summed E-state index contributed by atoms with van der Waals surface area (Å²) < 4.78 is 6.42. The van der Waals surface area contributed by atoms with Gasteiger partial charge in [-0.05, 0) is 69.2 Å². The average Bonchev–Trinajstić information content (AvgIpc) is 2.07. The van der Waals surface area contributed by atoms with Crippen molar-refractivity contribution in [3.63, 3.8) is 0 Å². The maximum Gasteiger partial charge on any atom is 0.175 e. The first-order chi connectivity index (χ1) is 9.37. The average molecular weight is 303 g/mol. The van der Waals surface area contributed by atoms with E-state index in [0.29, 0.717) is 24.2 Å². The molecule has 0 aliphatic heterocycles. The van der Waals surface area contributed by atoms with E-state index in [1.807, 2.05) is 13.8 Å². The Morgan fingerprint density at radius 1 is 0.524 bits per heavy atom. The molecule has 0 atom stereocenters. The SMILES string of the molecule is CC(C)NC(C)(NC(C)C)OC(C)(NC(C)C)NC(C)C. The predicted molar refractivity (Wildman–Crippen MR) is 91.0 cm³/mol. The third-order valence-corrected chi connectivity index (χ3v) is 2.66. The van der Waals surface area contributed by atoms with Crippen molar-refractivity contribution in [3.05, 3.63) is 0 Å². The Bertz CT molecular complexity index is 242. The molecular formula is C16H38N4O. The van der Waals surface area contributed by atoms with Gasteiger partial charge < -0.3 is 4.74 Å². The summed E-state index contributed by atoms with van der Waals surface area (Å²) in [6, 6.07) is 1.24. The summed E-state index contributed by atoms with van der Waals surface area (Å²) in [4.78, 5) is 0. The summed E-state index contributed by atoms with van der Waals surface area (Å²) in [5.74, 6) is -1.25. The molecule has 128 valence electrons. The number of nitrogens with one attached hydrogen (secondary N) is 4. The Balaban J connectivity index is 5.18. The van der Waals surface area contributed by atoms with Gasteiger partial charge in [0.15, 0.2) is 11.7 Å². The maximum absolute atomic E-state index is 6.42. The Kier molecular flexibility index (Phi) is 8.36. The number of hydrogen-bond donors (Lipinski definition) is 4. The fourth-order valence-corrected chi connectivity index (χ4v) is 2.81. The highest BCUT2D eigenvalue weighted by Crippen LogP contribution is 2.16. The molecule has 0 heterocycles. The maximum atomic E-state index is 6.42. The van der Waals surface area contributed by atoms with Crippen LogP contribution >= 0.6 is 0 Å². The van der Waals surface area contributed by atoms with Crippen LogP contribution in [0, 0.1) is 0 Å². The summed E-state index contributed by atoms with van der Waals surface area (Å²) in [5.41, 5.74) is 0. The third kappa shape index (κ3) is 9.42. The van der Waals surface area contributed by atoms with Crippen LogP contribution in [-0.2, 0) is 4.74 Å². The van der Waals surface area contributed by atoms with Gasteiger partial charge in [-0.3, -0.25) is 21.3 Å². The zero-order chi connectivity index (χ0) is 16.8. The van der Waals surface area contributed by atoms with Crippen LogP contribution in [0.1, 0.15) is 69.2 Å². The van der Waals surface area contributed by atoms with Crippen molar-refractivity contribution in [1.82, 2.24) is 21.3 Å². The molecule has 0 saturated carbocycles. The van der Waals surface area contributed by atoms with E-state index >= 15 is 0 Å². The molecule has 0 amide bonds. The van der Waals surface area contributed by atoms with Gasteiger partial charge in [-0.15, -0.1) is 0 Å². The van der Waals surface area contributed by atoms with Gasteiger partial charge in [0.1, 0.15) is 0 Å². The van der Waals surface area contributed by atoms with Gasteiger partial charge in [0.05, 0.1) is 0 Å². The van der Waals surface area contributed by atoms with Crippen molar-refractivity contribution >= 4 is 0 Å². The molecule has 4 N–H and O–H groups in total. The molecule has 0 aliphatic carbocycles. The molecule has 0 unspecified atom stereocenters. The molecule has 0 aromatic heterocycles. The zero-order valence-electron chi connectivity index (χ0n) is 15.7. The molecule has 0 aromatic rings.